The van der Waals surface area contributed by atoms with E-state index in [1.807, 2.05) is 36.4 Å². The molecule has 1 saturated heterocycles. The molecule has 8 nitrogen and oxygen atoms in total. The minimum Gasteiger partial charge on any atom is -0.491 e. The number of nitro groups is 1. The summed E-state index contributed by atoms with van der Waals surface area (Å²) in [6.45, 7) is 0.323. The maximum atomic E-state index is 13.0. The quantitative estimate of drug-likeness (QED) is 0.440. The molecule has 1 amide bonds. The second-order valence-corrected chi connectivity index (χ2v) is 6.90. The van der Waals surface area contributed by atoms with E-state index in [0.29, 0.717) is 16.9 Å². The monoisotopic (exact) mass is 420 g/mol. The van der Waals surface area contributed by atoms with Crippen LogP contribution in [0.15, 0.2) is 84.9 Å². The van der Waals surface area contributed by atoms with Gasteiger partial charge >= 0.3 is 0 Å². The van der Waals surface area contributed by atoms with Crippen LogP contribution in [0.5, 0.6) is 5.75 Å². The number of hydrogen-bond donors (Lipinski definition) is 0. The van der Waals surface area contributed by atoms with Crippen molar-refractivity contribution in [2.45, 2.75) is 12.4 Å². The fourth-order valence-electron chi connectivity index (χ4n) is 3.16. The Morgan fingerprint density at radius 2 is 1.74 bits per heavy atom. The number of para-hydroxylation sites is 1. The molecule has 0 N–H and O–H groups in total. The number of nitrogens with zero attached hydrogens (tertiary/aromatic N) is 2. The second kappa shape index (κ2) is 9.38. The third-order valence-corrected chi connectivity index (χ3v) is 4.69. The summed E-state index contributed by atoms with van der Waals surface area (Å²) in [5.74, 6) is 0.342. The van der Waals surface area contributed by atoms with Crippen molar-refractivity contribution in [1.82, 2.24) is 5.06 Å². The van der Waals surface area contributed by atoms with Gasteiger partial charge in [0.2, 0.25) is 6.29 Å². The van der Waals surface area contributed by atoms with Crippen LogP contribution in [0, 0.1) is 10.1 Å². The molecule has 0 aromatic heterocycles. The lowest BCUT2D eigenvalue weighted by atomic mass is 10.1. The number of benzene rings is 3. The maximum Gasteiger partial charge on any atom is 0.277 e. The molecule has 0 aliphatic carbocycles. The van der Waals surface area contributed by atoms with Crippen LogP contribution in [-0.2, 0) is 9.57 Å². The summed E-state index contributed by atoms with van der Waals surface area (Å²) in [5.41, 5.74) is 0.808. The van der Waals surface area contributed by atoms with Crippen LogP contribution in [0.25, 0.3) is 0 Å². The highest BCUT2D eigenvalue weighted by atomic mass is 16.8. The lowest BCUT2D eigenvalue weighted by molar-refractivity contribution is -0.385. The van der Waals surface area contributed by atoms with Crippen LogP contribution in [0.4, 0.5) is 5.69 Å². The van der Waals surface area contributed by atoms with E-state index in [9.17, 15) is 14.9 Å². The number of amides is 1. The SMILES string of the molecule is O=C(c1ccccc1)N1CC(COc2ccccc2)OC(c2cccc([N+](=O)[O-])c2)O1. The summed E-state index contributed by atoms with van der Waals surface area (Å²) in [5, 5.41) is 12.4. The van der Waals surface area contributed by atoms with E-state index in [0.717, 1.165) is 0 Å². The minimum atomic E-state index is -0.995. The van der Waals surface area contributed by atoms with Gasteiger partial charge in [-0.1, -0.05) is 48.5 Å². The van der Waals surface area contributed by atoms with Gasteiger partial charge in [0.05, 0.1) is 11.5 Å². The Labute approximate surface area is 178 Å². The number of carbonyl (C=O) groups excluding carboxylic acids is 1. The zero-order chi connectivity index (χ0) is 21.6. The first-order valence-electron chi connectivity index (χ1n) is 9.71. The number of nitro benzene ring substituents is 1. The molecule has 0 spiro atoms. The Morgan fingerprint density at radius 3 is 2.45 bits per heavy atom. The van der Waals surface area contributed by atoms with Crippen molar-refractivity contribution >= 4 is 11.6 Å². The van der Waals surface area contributed by atoms with Gasteiger partial charge in [0.15, 0.2) is 0 Å². The van der Waals surface area contributed by atoms with Crippen molar-refractivity contribution < 1.29 is 24.0 Å². The van der Waals surface area contributed by atoms with Crippen LogP contribution in [0.2, 0.25) is 0 Å². The summed E-state index contributed by atoms with van der Waals surface area (Å²) in [6, 6.07) is 23.9. The van der Waals surface area contributed by atoms with Crippen molar-refractivity contribution in [3.63, 3.8) is 0 Å². The third-order valence-electron chi connectivity index (χ3n) is 4.69. The van der Waals surface area contributed by atoms with Gasteiger partial charge in [0.1, 0.15) is 18.5 Å². The molecular formula is C23H20N2O6. The molecule has 0 bridgehead atoms. The Morgan fingerprint density at radius 1 is 1.03 bits per heavy atom. The summed E-state index contributed by atoms with van der Waals surface area (Å²) in [7, 11) is 0. The molecule has 0 radical (unpaired) electrons. The molecular weight excluding hydrogens is 400 g/mol. The first-order valence-corrected chi connectivity index (χ1v) is 9.71. The molecule has 31 heavy (non-hydrogen) atoms. The number of non-ortho nitro benzene ring substituents is 1. The Balaban J connectivity index is 1.56. The summed E-state index contributed by atoms with van der Waals surface area (Å²) >= 11 is 0. The zero-order valence-electron chi connectivity index (χ0n) is 16.5. The topological polar surface area (TPSA) is 91.1 Å². The number of hydrogen-bond acceptors (Lipinski definition) is 6. The van der Waals surface area contributed by atoms with E-state index >= 15 is 0 Å². The molecule has 1 aliphatic heterocycles. The zero-order valence-corrected chi connectivity index (χ0v) is 16.5. The molecule has 4 rings (SSSR count). The highest BCUT2D eigenvalue weighted by Gasteiger charge is 2.34. The third kappa shape index (κ3) is 5.06. The lowest BCUT2D eigenvalue weighted by Crippen LogP contribution is -2.47. The van der Waals surface area contributed by atoms with Crippen molar-refractivity contribution in [3.8, 4) is 5.75 Å². The standard InChI is InChI=1S/C23H20N2O6/c26-22(17-8-3-1-4-9-17)24-15-21(16-29-20-12-5-2-6-13-20)30-23(31-24)18-10-7-11-19(14-18)25(27)28/h1-14,21,23H,15-16H2. The van der Waals surface area contributed by atoms with E-state index in [1.165, 1.54) is 17.2 Å². The van der Waals surface area contributed by atoms with Crippen molar-refractivity contribution in [3.05, 3.63) is 106 Å². The Kier molecular flexibility index (Phi) is 6.21. The fourth-order valence-corrected chi connectivity index (χ4v) is 3.16. The largest absolute Gasteiger partial charge is 0.491 e. The van der Waals surface area contributed by atoms with E-state index in [1.54, 1.807) is 36.4 Å². The van der Waals surface area contributed by atoms with Gasteiger partial charge in [-0.2, -0.15) is 0 Å². The van der Waals surface area contributed by atoms with Crippen LogP contribution >= 0.6 is 0 Å². The maximum absolute atomic E-state index is 13.0. The van der Waals surface area contributed by atoms with Crippen LogP contribution in [0.1, 0.15) is 22.2 Å². The second-order valence-electron chi connectivity index (χ2n) is 6.90. The van der Waals surface area contributed by atoms with Gasteiger partial charge in [-0.3, -0.25) is 14.9 Å². The first-order chi connectivity index (χ1) is 15.1. The van der Waals surface area contributed by atoms with Gasteiger partial charge in [-0.15, -0.1) is 0 Å². The number of carbonyl (C=O) groups is 1. The van der Waals surface area contributed by atoms with Crippen LogP contribution < -0.4 is 4.74 Å². The van der Waals surface area contributed by atoms with Crippen molar-refractivity contribution in [1.29, 1.82) is 0 Å². The Hall–Kier alpha value is -3.75. The number of ether oxygens (including phenoxy) is 2. The molecule has 8 heteroatoms. The van der Waals surface area contributed by atoms with Gasteiger partial charge in [-0.25, -0.2) is 9.90 Å². The highest BCUT2D eigenvalue weighted by molar-refractivity contribution is 5.93. The summed E-state index contributed by atoms with van der Waals surface area (Å²) in [4.78, 5) is 29.4. The van der Waals surface area contributed by atoms with Gasteiger partial charge in [0.25, 0.3) is 11.6 Å². The molecule has 3 aromatic rings. The van der Waals surface area contributed by atoms with Crippen LogP contribution in [-0.4, -0.2) is 35.1 Å². The highest BCUT2D eigenvalue weighted by Crippen LogP contribution is 2.30. The van der Waals surface area contributed by atoms with Crippen molar-refractivity contribution in [2.75, 3.05) is 13.2 Å². The average molecular weight is 420 g/mol. The molecule has 1 heterocycles. The molecule has 0 saturated carbocycles. The predicted octanol–water partition coefficient (Wildman–Crippen LogP) is 4.15. The van der Waals surface area contributed by atoms with Gasteiger partial charge in [-0.05, 0) is 24.3 Å². The fraction of sp³-hybridized carbons (Fsp3) is 0.174. The smallest absolute Gasteiger partial charge is 0.277 e. The molecule has 2 atom stereocenters. The normalized spacial score (nSPS) is 18.4. The van der Waals surface area contributed by atoms with Gasteiger partial charge < -0.3 is 9.47 Å². The summed E-state index contributed by atoms with van der Waals surface area (Å²) < 4.78 is 11.8. The first kappa shape index (κ1) is 20.5. The van der Waals surface area contributed by atoms with E-state index in [-0.39, 0.29) is 24.7 Å². The molecule has 1 aliphatic rings. The molecule has 1 fully saturated rings. The van der Waals surface area contributed by atoms with Gasteiger partial charge in [0, 0.05) is 23.3 Å². The lowest BCUT2D eigenvalue weighted by Gasteiger charge is -2.37. The minimum absolute atomic E-state index is 0.0895. The predicted molar refractivity (Wildman–Crippen MR) is 111 cm³/mol. The summed E-state index contributed by atoms with van der Waals surface area (Å²) in [6.07, 6.45) is -1.50. The van der Waals surface area contributed by atoms with E-state index in [4.69, 9.17) is 14.3 Å². The Bertz CT molecular complexity index is 1040. The molecule has 2 unspecified atom stereocenters. The van der Waals surface area contributed by atoms with E-state index in [2.05, 4.69) is 0 Å². The van der Waals surface area contributed by atoms with Crippen LogP contribution in [0.3, 0.4) is 0 Å². The average Bonchev–Trinajstić information content (AvgIpc) is 2.83. The molecule has 158 valence electrons. The van der Waals surface area contributed by atoms with E-state index < -0.39 is 17.3 Å². The number of hydroxylamine groups is 2. The number of rotatable bonds is 6. The van der Waals surface area contributed by atoms with Crippen molar-refractivity contribution in [2.24, 2.45) is 0 Å². The molecule has 3 aromatic carbocycles.